The van der Waals surface area contributed by atoms with Gasteiger partial charge in [0.2, 0.25) is 0 Å². The molecule has 0 aliphatic carbocycles. The van der Waals surface area contributed by atoms with Crippen molar-refractivity contribution >= 4 is 23.2 Å². The number of carbonyl (C=O) groups excluding carboxylic acids is 1. The zero-order valence-corrected chi connectivity index (χ0v) is 12.0. The molecule has 0 fully saturated rings. The van der Waals surface area contributed by atoms with Crippen molar-refractivity contribution < 1.29 is 14.7 Å². The molecule has 6 heteroatoms. The highest BCUT2D eigenvalue weighted by molar-refractivity contribution is 7.14. The molecule has 0 radical (unpaired) electrons. The molecule has 1 rings (SSSR count). The van der Waals surface area contributed by atoms with E-state index in [0.717, 1.165) is 5.01 Å². The molecule has 5 nitrogen and oxygen atoms in total. The molecule has 0 aromatic carbocycles. The lowest BCUT2D eigenvalue weighted by Crippen LogP contribution is -2.38. The predicted octanol–water partition coefficient (Wildman–Crippen LogP) is 1.95. The zero-order valence-electron chi connectivity index (χ0n) is 11.2. The van der Waals surface area contributed by atoms with E-state index in [2.05, 4.69) is 10.3 Å². The Bertz CT molecular complexity index is 474. The SMILES string of the molecule is Cc1nc(C(C)(C)C)sc1C(=O)NC(C)C(=O)O. The van der Waals surface area contributed by atoms with Crippen LogP contribution in [-0.4, -0.2) is 28.0 Å². The third-order valence-corrected chi connectivity index (χ3v) is 3.94. The lowest BCUT2D eigenvalue weighted by Gasteiger charge is -2.13. The summed E-state index contributed by atoms with van der Waals surface area (Å²) in [7, 11) is 0. The summed E-state index contributed by atoms with van der Waals surface area (Å²) < 4.78 is 0. The number of nitrogens with one attached hydrogen (secondary N) is 1. The van der Waals surface area contributed by atoms with Crippen molar-refractivity contribution in [3.05, 3.63) is 15.6 Å². The van der Waals surface area contributed by atoms with Crippen LogP contribution in [0.25, 0.3) is 0 Å². The number of rotatable bonds is 3. The van der Waals surface area contributed by atoms with Crippen molar-refractivity contribution in [1.29, 1.82) is 0 Å². The van der Waals surface area contributed by atoms with E-state index in [1.165, 1.54) is 18.3 Å². The number of amides is 1. The normalized spacial score (nSPS) is 13.2. The molecule has 1 unspecified atom stereocenters. The second kappa shape index (κ2) is 5.06. The fourth-order valence-electron chi connectivity index (χ4n) is 1.25. The van der Waals surface area contributed by atoms with Crippen LogP contribution >= 0.6 is 11.3 Å². The number of aromatic nitrogens is 1. The Kier molecular flexibility index (Phi) is 4.11. The van der Waals surface area contributed by atoms with Crippen molar-refractivity contribution in [3.63, 3.8) is 0 Å². The molecule has 1 aromatic heterocycles. The summed E-state index contributed by atoms with van der Waals surface area (Å²) >= 11 is 1.31. The van der Waals surface area contributed by atoms with E-state index in [4.69, 9.17) is 5.11 Å². The molecular weight excluding hydrogens is 252 g/mol. The Hall–Kier alpha value is -1.43. The van der Waals surface area contributed by atoms with E-state index in [-0.39, 0.29) is 11.3 Å². The van der Waals surface area contributed by atoms with Gasteiger partial charge >= 0.3 is 5.97 Å². The van der Waals surface area contributed by atoms with E-state index in [9.17, 15) is 9.59 Å². The standard InChI is InChI=1S/C12H18N2O3S/c1-6-8(9(15)13-7(2)10(16)17)18-11(14-6)12(3,4)5/h7H,1-5H3,(H,13,15)(H,16,17). The fraction of sp³-hybridized carbons (Fsp3) is 0.583. The summed E-state index contributed by atoms with van der Waals surface area (Å²) in [6.45, 7) is 9.25. The summed E-state index contributed by atoms with van der Waals surface area (Å²) in [6.07, 6.45) is 0. The number of aryl methyl sites for hydroxylation is 1. The van der Waals surface area contributed by atoms with Crippen molar-refractivity contribution in [1.82, 2.24) is 10.3 Å². The van der Waals surface area contributed by atoms with Gasteiger partial charge in [-0.1, -0.05) is 20.8 Å². The average Bonchev–Trinajstić information content (AvgIpc) is 2.59. The van der Waals surface area contributed by atoms with Crippen LogP contribution in [0.15, 0.2) is 0 Å². The summed E-state index contributed by atoms with van der Waals surface area (Å²) in [4.78, 5) is 27.5. The molecule has 18 heavy (non-hydrogen) atoms. The van der Waals surface area contributed by atoms with Crippen molar-refractivity contribution in [2.24, 2.45) is 0 Å². The van der Waals surface area contributed by atoms with Crippen LogP contribution in [0.5, 0.6) is 0 Å². The lowest BCUT2D eigenvalue weighted by atomic mass is 9.98. The van der Waals surface area contributed by atoms with Crippen LogP contribution in [0.3, 0.4) is 0 Å². The number of hydrogen-bond donors (Lipinski definition) is 2. The Morgan fingerprint density at radius 3 is 2.33 bits per heavy atom. The van der Waals surface area contributed by atoms with Gasteiger partial charge in [0.05, 0.1) is 10.7 Å². The van der Waals surface area contributed by atoms with Crippen molar-refractivity contribution in [3.8, 4) is 0 Å². The molecule has 1 atom stereocenters. The maximum absolute atomic E-state index is 11.9. The number of nitrogens with zero attached hydrogens (tertiary/aromatic N) is 1. The Morgan fingerprint density at radius 1 is 1.39 bits per heavy atom. The van der Waals surface area contributed by atoms with Crippen LogP contribution in [0, 0.1) is 6.92 Å². The molecule has 0 bridgehead atoms. The molecule has 0 spiro atoms. The number of thiazole rings is 1. The van der Waals surface area contributed by atoms with E-state index in [1.807, 2.05) is 20.8 Å². The fourth-order valence-corrected chi connectivity index (χ4v) is 2.28. The first kappa shape index (κ1) is 14.6. The van der Waals surface area contributed by atoms with E-state index < -0.39 is 12.0 Å². The average molecular weight is 270 g/mol. The minimum Gasteiger partial charge on any atom is -0.480 e. The van der Waals surface area contributed by atoms with Gasteiger partial charge in [-0.15, -0.1) is 11.3 Å². The third-order valence-electron chi connectivity index (χ3n) is 2.36. The Balaban J connectivity index is 2.94. The molecular formula is C12H18N2O3S. The van der Waals surface area contributed by atoms with E-state index in [1.54, 1.807) is 6.92 Å². The monoisotopic (exact) mass is 270 g/mol. The van der Waals surface area contributed by atoms with Crippen LogP contribution in [0.4, 0.5) is 0 Å². The highest BCUT2D eigenvalue weighted by atomic mass is 32.1. The van der Waals surface area contributed by atoms with Crippen LogP contribution in [0.1, 0.15) is 48.1 Å². The van der Waals surface area contributed by atoms with Crippen LogP contribution in [0.2, 0.25) is 0 Å². The van der Waals surface area contributed by atoms with Crippen LogP contribution in [-0.2, 0) is 10.2 Å². The van der Waals surface area contributed by atoms with Gasteiger partial charge in [0, 0.05) is 5.41 Å². The molecule has 100 valence electrons. The number of carbonyl (C=O) groups is 2. The molecule has 1 amide bonds. The van der Waals surface area contributed by atoms with Crippen molar-refractivity contribution in [2.75, 3.05) is 0 Å². The maximum atomic E-state index is 11.9. The molecule has 0 aliphatic heterocycles. The quantitative estimate of drug-likeness (QED) is 0.880. The highest BCUT2D eigenvalue weighted by Crippen LogP contribution is 2.29. The largest absolute Gasteiger partial charge is 0.480 e. The summed E-state index contributed by atoms with van der Waals surface area (Å²) in [6, 6.07) is -0.905. The van der Waals surface area contributed by atoms with Gasteiger partial charge in [-0.25, -0.2) is 4.98 Å². The second-order valence-corrected chi connectivity index (χ2v) is 6.22. The number of aliphatic carboxylic acids is 1. The minimum absolute atomic E-state index is 0.119. The van der Waals surface area contributed by atoms with Gasteiger partial charge in [0.15, 0.2) is 0 Å². The second-order valence-electron chi connectivity index (χ2n) is 5.22. The minimum atomic E-state index is -1.05. The van der Waals surface area contributed by atoms with Gasteiger partial charge in [0.1, 0.15) is 10.9 Å². The molecule has 1 aromatic rings. The van der Waals surface area contributed by atoms with Gasteiger partial charge in [-0.3, -0.25) is 9.59 Å². The summed E-state index contributed by atoms with van der Waals surface area (Å²) in [5, 5.41) is 12.1. The van der Waals surface area contributed by atoms with Crippen molar-refractivity contribution in [2.45, 2.75) is 46.1 Å². The van der Waals surface area contributed by atoms with Crippen LogP contribution < -0.4 is 5.32 Å². The first-order chi connectivity index (χ1) is 8.12. The number of carboxylic acids is 1. The predicted molar refractivity (Wildman–Crippen MR) is 70.1 cm³/mol. The van der Waals surface area contributed by atoms with Gasteiger partial charge < -0.3 is 10.4 Å². The highest BCUT2D eigenvalue weighted by Gasteiger charge is 2.24. The Labute approximate surface area is 110 Å². The molecule has 0 saturated carbocycles. The summed E-state index contributed by atoms with van der Waals surface area (Å²) in [5.74, 6) is -1.43. The zero-order chi connectivity index (χ0) is 14.1. The first-order valence-electron chi connectivity index (χ1n) is 5.64. The molecule has 0 aliphatic rings. The van der Waals surface area contributed by atoms with E-state index >= 15 is 0 Å². The molecule has 1 heterocycles. The third kappa shape index (κ3) is 3.29. The maximum Gasteiger partial charge on any atom is 0.325 e. The molecule has 2 N–H and O–H groups in total. The van der Waals surface area contributed by atoms with Gasteiger partial charge in [-0.05, 0) is 13.8 Å². The topological polar surface area (TPSA) is 79.3 Å². The first-order valence-corrected chi connectivity index (χ1v) is 6.46. The van der Waals surface area contributed by atoms with Gasteiger partial charge in [-0.2, -0.15) is 0 Å². The number of hydrogen-bond acceptors (Lipinski definition) is 4. The Morgan fingerprint density at radius 2 is 1.94 bits per heavy atom. The smallest absolute Gasteiger partial charge is 0.325 e. The number of carboxylic acid groups (broad SMARTS) is 1. The molecule has 0 saturated heterocycles. The van der Waals surface area contributed by atoms with Gasteiger partial charge in [0.25, 0.3) is 5.91 Å². The summed E-state index contributed by atoms with van der Waals surface area (Å²) in [5.41, 5.74) is 0.520. The lowest BCUT2D eigenvalue weighted by molar-refractivity contribution is -0.138. The van der Waals surface area contributed by atoms with E-state index in [0.29, 0.717) is 10.6 Å².